The number of likely N-dealkylation sites (tertiary alicyclic amines) is 1. The summed E-state index contributed by atoms with van der Waals surface area (Å²) in [5, 5.41) is 13.3. The van der Waals surface area contributed by atoms with E-state index in [1.807, 2.05) is 24.8 Å². The molecule has 37 heavy (non-hydrogen) atoms. The number of hydrogen-bond acceptors (Lipinski definition) is 6. The number of hydrogen-bond donors (Lipinski definition) is 3. The van der Waals surface area contributed by atoms with Crippen molar-refractivity contribution >= 4 is 40.8 Å². The van der Waals surface area contributed by atoms with E-state index in [4.69, 9.17) is 11.6 Å². The number of anilines is 4. The fraction of sp³-hybridized carbons (Fsp3) is 0.481. The molecule has 1 saturated carbocycles. The number of rotatable bonds is 8. The molecule has 2 aromatic heterocycles. The number of amides is 1. The molecule has 3 aromatic rings. The van der Waals surface area contributed by atoms with Crippen molar-refractivity contribution in [3.8, 4) is 0 Å². The second-order valence-corrected chi connectivity index (χ2v) is 10.8. The molecule has 1 saturated heterocycles. The van der Waals surface area contributed by atoms with Crippen molar-refractivity contribution in [3.63, 3.8) is 0 Å². The number of carbonyl (C=O) groups excluding carboxylic acids is 1. The maximum Gasteiger partial charge on any atom is 0.229 e. The predicted molar refractivity (Wildman–Crippen MR) is 143 cm³/mol. The van der Waals surface area contributed by atoms with Gasteiger partial charge in [-0.05, 0) is 75.1 Å². The van der Waals surface area contributed by atoms with E-state index < -0.39 is 0 Å². The molecule has 8 nitrogen and oxygen atoms in total. The van der Waals surface area contributed by atoms with Gasteiger partial charge >= 0.3 is 0 Å². The zero-order chi connectivity index (χ0) is 26.2. The second-order valence-electron chi connectivity index (χ2n) is 10.4. The van der Waals surface area contributed by atoms with E-state index in [9.17, 15) is 4.79 Å². The highest BCUT2D eigenvalue weighted by Gasteiger charge is 2.50. The lowest BCUT2D eigenvalue weighted by Crippen LogP contribution is -2.42. The van der Waals surface area contributed by atoms with Gasteiger partial charge in [-0.2, -0.15) is 10.1 Å². The third-order valence-corrected chi connectivity index (χ3v) is 7.83. The third kappa shape index (κ3) is 5.42. The van der Waals surface area contributed by atoms with Gasteiger partial charge in [-0.15, -0.1) is 0 Å². The smallest absolute Gasteiger partial charge is 0.229 e. The Morgan fingerprint density at radius 3 is 2.62 bits per heavy atom. The molecule has 3 N–H and O–H groups in total. The third-order valence-electron chi connectivity index (χ3n) is 7.56. The zero-order valence-electron chi connectivity index (χ0n) is 21.5. The molecule has 0 unspecified atom stereocenters. The Bertz CT molecular complexity index is 1300. The first-order valence-electron chi connectivity index (χ1n) is 13.0. The number of benzene rings is 1. The Morgan fingerprint density at radius 2 is 1.97 bits per heavy atom. The minimum atomic E-state index is -0.366. The molecule has 2 fully saturated rings. The fourth-order valence-corrected chi connectivity index (χ4v) is 5.54. The summed E-state index contributed by atoms with van der Waals surface area (Å²) in [5.41, 5.74) is 3.10. The van der Waals surface area contributed by atoms with Gasteiger partial charge in [0.15, 0.2) is 11.6 Å². The van der Waals surface area contributed by atoms with Gasteiger partial charge in [-0.1, -0.05) is 24.9 Å². The summed E-state index contributed by atoms with van der Waals surface area (Å²) in [4.78, 5) is 23.7. The molecule has 2 aliphatic rings. The number of piperidine rings is 1. The number of aromatic amines is 1. The standard InChI is InChI=1S/C27H33ClFN7O/c1-4-7-27(8-9-27)25(37)36-10-5-18(6-11-36)19-14-21(29)22(12-16(19)2)31-26-30-15-20(28)24(33-26)32-23-13-17(3)34-35-23/h12-15,18H,4-11H2,1-3H3,(H3,30,31,32,33,34,35). The van der Waals surface area contributed by atoms with Gasteiger partial charge in [0.25, 0.3) is 0 Å². The van der Waals surface area contributed by atoms with Crippen LogP contribution in [0, 0.1) is 25.1 Å². The average molecular weight is 526 g/mol. The minimum Gasteiger partial charge on any atom is -0.342 e. The van der Waals surface area contributed by atoms with Gasteiger partial charge in [0, 0.05) is 30.3 Å². The molecule has 1 aliphatic carbocycles. The van der Waals surface area contributed by atoms with Crippen LogP contribution in [0.1, 0.15) is 68.2 Å². The number of aryl methyl sites for hydroxylation is 2. The number of H-pyrrole nitrogens is 1. The molecule has 1 amide bonds. The molecule has 1 aliphatic heterocycles. The summed E-state index contributed by atoms with van der Waals surface area (Å²) in [6.07, 6.45) is 7.24. The van der Waals surface area contributed by atoms with Crippen LogP contribution in [0.3, 0.4) is 0 Å². The predicted octanol–water partition coefficient (Wildman–Crippen LogP) is 6.38. The van der Waals surface area contributed by atoms with Crippen molar-refractivity contribution in [2.75, 3.05) is 23.7 Å². The summed E-state index contributed by atoms with van der Waals surface area (Å²) in [6, 6.07) is 5.23. The maximum absolute atomic E-state index is 15.2. The largest absolute Gasteiger partial charge is 0.342 e. The molecule has 1 aromatic carbocycles. The van der Waals surface area contributed by atoms with Crippen molar-refractivity contribution in [2.45, 2.75) is 65.2 Å². The van der Waals surface area contributed by atoms with E-state index in [0.717, 1.165) is 68.4 Å². The summed E-state index contributed by atoms with van der Waals surface area (Å²) < 4.78 is 15.2. The normalized spacial score (nSPS) is 17.1. The SMILES string of the molecule is CCCC1(C(=O)N2CCC(c3cc(F)c(Nc4ncc(Cl)c(Nc5cc(C)[nH]n5)n4)cc3C)CC2)CC1. The zero-order valence-corrected chi connectivity index (χ0v) is 22.3. The van der Waals surface area contributed by atoms with Gasteiger partial charge in [0.05, 0.1) is 11.9 Å². The first-order chi connectivity index (χ1) is 17.8. The van der Waals surface area contributed by atoms with Crippen molar-refractivity contribution in [3.05, 3.63) is 52.1 Å². The molecular weight excluding hydrogens is 493 g/mol. The first kappa shape index (κ1) is 25.4. The van der Waals surface area contributed by atoms with Crippen molar-refractivity contribution in [2.24, 2.45) is 5.41 Å². The lowest BCUT2D eigenvalue weighted by Gasteiger charge is -2.35. The van der Waals surface area contributed by atoms with Gasteiger partial charge in [0.1, 0.15) is 10.8 Å². The molecule has 5 rings (SSSR count). The molecule has 0 spiro atoms. The molecular formula is C27H33ClFN7O. The van der Waals surface area contributed by atoms with Crippen molar-refractivity contribution in [1.29, 1.82) is 0 Å². The summed E-state index contributed by atoms with van der Waals surface area (Å²) in [7, 11) is 0. The van der Waals surface area contributed by atoms with Crippen LogP contribution in [-0.2, 0) is 4.79 Å². The van der Waals surface area contributed by atoms with E-state index in [1.165, 1.54) is 6.20 Å². The average Bonchev–Trinajstić information content (AvgIpc) is 3.56. The van der Waals surface area contributed by atoms with Gasteiger partial charge in [-0.3, -0.25) is 9.89 Å². The first-order valence-corrected chi connectivity index (χ1v) is 13.3. The number of halogens is 2. The van der Waals surface area contributed by atoms with Crippen LogP contribution in [0.2, 0.25) is 5.02 Å². The summed E-state index contributed by atoms with van der Waals surface area (Å²) in [5.74, 6) is 1.35. The van der Waals surface area contributed by atoms with Gasteiger partial charge in [0.2, 0.25) is 11.9 Å². The Kier molecular flexibility index (Phi) is 7.07. The molecule has 0 radical (unpaired) electrons. The van der Waals surface area contributed by atoms with Gasteiger partial charge < -0.3 is 15.5 Å². The Labute approximate surface area is 221 Å². The fourth-order valence-electron chi connectivity index (χ4n) is 5.40. The summed E-state index contributed by atoms with van der Waals surface area (Å²) in [6.45, 7) is 7.50. The Hall–Kier alpha value is -3.20. The van der Waals surface area contributed by atoms with Crippen LogP contribution >= 0.6 is 11.6 Å². The van der Waals surface area contributed by atoms with Crippen LogP contribution in [0.4, 0.5) is 27.7 Å². The Morgan fingerprint density at radius 1 is 1.22 bits per heavy atom. The van der Waals surface area contributed by atoms with E-state index in [0.29, 0.717) is 28.3 Å². The van der Waals surface area contributed by atoms with Gasteiger partial charge in [-0.25, -0.2) is 9.37 Å². The van der Waals surface area contributed by atoms with Crippen LogP contribution in [0.15, 0.2) is 24.4 Å². The van der Waals surface area contributed by atoms with Crippen molar-refractivity contribution in [1.82, 2.24) is 25.1 Å². The number of nitrogens with one attached hydrogen (secondary N) is 3. The highest BCUT2D eigenvalue weighted by atomic mass is 35.5. The molecule has 10 heteroatoms. The number of nitrogens with zero attached hydrogens (tertiary/aromatic N) is 4. The monoisotopic (exact) mass is 525 g/mol. The highest BCUT2D eigenvalue weighted by Crippen LogP contribution is 2.51. The molecule has 0 atom stereocenters. The summed E-state index contributed by atoms with van der Waals surface area (Å²) >= 11 is 6.24. The van der Waals surface area contributed by atoms with Crippen LogP contribution in [0.25, 0.3) is 0 Å². The van der Waals surface area contributed by atoms with Crippen LogP contribution in [-0.4, -0.2) is 44.1 Å². The number of carbonyl (C=O) groups is 1. The highest BCUT2D eigenvalue weighted by molar-refractivity contribution is 6.32. The lowest BCUT2D eigenvalue weighted by atomic mass is 9.85. The second kappa shape index (κ2) is 10.3. The van der Waals surface area contributed by atoms with E-state index in [-0.39, 0.29) is 23.1 Å². The quantitative estimate of drug-likeness (QED) is 0.315. The molecule has 0 bridgehead atoms. The molecule has 3 heterocycles. The van der Waals surface area contributed by atoms with E-state index >= 15 is 4.39 Å². The van der Waals surface area contributed by atoms with Crippen molar-refractivity contribution < 1.29 is 9.18 Å². The van der Waals surface area contributed by atoms with Crippen LogP contribution in [0.5, 0.6) is 0 Å². The van der Waals surface area contributed by atoms with E-state index in [1.54, 1.807) is 12.1 Å². The minimum absolute atomic E-state index is 0.0901. The lowest BCUT2D eigenvalue weighted by molar-refractivity contribution is -0.138. The Balaban J connectivity index is 1.26. The van der Waals surface area contributed by atoms with E-state index in [2.05, 4.69) is 37.7 Å². The maximum atomic E-state index is 15.2. The van der Waals surface area contributed by atoms with Crippen LogP contribution < -0.4 is 10.6 Å². The molecule has 196 valence electrons. The topological polar surface area (TPSA) is 98.8 Å². The number of aromatic nitrogens is 4.